The molecule has 4 nitrogen and oxygen atoms in total. The Hall–Kier alpha value is -0.910. The van der Waals surface area contributed by atoms with Gasteiger partial charge in [0.15, 0.2) is 0 Å². The molecule has 2 aliphatic rings. The van der Waals surface area contributed by atoms with Crippen molar-refractivity contribution in [2.45, 2.75) is 38.8 Å². The molecule has 3 heterocycles. The average Bonchev–Trinajstić information content (AvgIpc) is 2.97. The predicted octanol–water partition coefficient (Wildman–Crippen LogP) is 1.88. The van der Waals surface area contributed by atoms with Gasteiger partial charge in [-0.15, -0.1) is 11.3 Å². The second-order valence-electron chi connectivity index (χ2n) is 6.52. The summed E-state index contributed by atoms with van der Waals surface area (Å²) in [5.41, 5.74) is 0.930. The molecule has 1 atom stereocenters. The van der Waals surface area contributed by atoms with E-state index in [1.807, 2.05) is 11.3 Å². The monoisotopic (exact) mass is 307 g/mol. The summed E-state index contributed by atoms with van der Waals surface area (Å²) >= 11 is 1.82. The summed E-state index contributed by atoms with van der Waals surface area (Å²) in [5, 5.41) is 5.51. The Kier molecular flexibility index (Phi) is 4.08. The van der Waals surface area contributed by atoms with E-state index < -0.39 is 5.54 Å². The molecule has 116 valence electrons. The Labute approximate surface area is 131 Å². The summed E-state index contributed by atoms with van der Waals surface area (Å²) in [6.07, 6.45) is 1.00. The molecule has 1 saturated heterocycles. The van der Waals surface area contributed by atoms with Crippen LogP contribution in [0.1, 0.15) is 37.3 Å². The van der Waals surface area contributed by atoms with Crippen molar-refractivity contribution in [2.24, 2.45) is 0 Å². The molecule has 1 unspecified atom stereocenters. The largest absolute Gasteiger partial charge is 0.334 e. The van der Waals surface area contributed by atoms with Crippen LogP contribution in [0.5, 0.6) is 0 Å². The van der Waals surface area contributed by atoms with Crippen molar-refractivity contribution in [1.29, 1.82) is 0 Å². The Morgan fingerprint density at radius 3 is 2.76 bits per heavy atom. The summed E-state index contributed by atoms with van der Waals surface area (Å²) in [7, 11) is 0. The number of amides is 1. The van der Waals surface area contributed by atoms with E-state index in [2.05, 4.69) is 47.3 Å². The Balaban J connectivity index is 1.78. The van der Waals surface area contributed by atoms with E-state index in [0.717, 1.165) is 39.1 Å². The zero-order chi connectivity index (χ0) is 15.0. The maximum Gasteiger partial charge on any atom is 0.243 e. The van der Waals surface area contributed by atoms with E-state index in [4.69, 9.17) is 0 Å². The number of hydrogen-bond donors (Lipinski definition) is 1. The van der Waals surface area contributed by atoms with Crippen molar-refractivity contribution in [2.75, 3.05) is 32.7 Å². The van der Waals surface area contributed by atoms with E-state index in [9.17, 15) is 4.79 Å². The number of carbonyl (C=O) groups is 1. The van der Waals surface area contributed by atoms with Crippen LogP contribution in [0.15, 0.2) is 11.4 Å². The molecule has 1 aromatic heterocycles. The second kappa shape index (κ2) is 5.71. The van der Waals surface area contributed by atoms with Crippen LogP contribution in [-0.2, 0) is 11.2 Å². The van der Waals surface area contributed by atoms with Crippen LogP contribution < -0.4 is 5.32 Å². The number of thiophene rings is 1. The fourth-order valence-electron chi connectivity index (χ4n) is 3.50. The summed E-state index contributed by atoms with van der Waals surface area (Å²) in [6, 6.07) is 2.39. The van der Waals surface area contributed by atoms with Gasteiger partial charge in [0.25, 0.3) is 0 Å². The van der Waals surface area contributed by atoms with Crippen molar-refractivity contribution >= 4 is 17.2 Å². The molecule has 0 aliphatic carbocycles. The van der Waals surface area contributed by atoms with Gasteiger partial charge in [-0.05, 0) is 44.2 Å². The number of hydrogen-bond acceptors (Lipinski definition) is 4. The molecule has 0 spiro atoms. The van der Waals surface area contributed by atoms with Crippen LogP contribution in [0.25, 0.3) is 0 Å². The van der Waals surface area contributed by atoms with Gasteiger partial charge in [-0.3, -0.25) is 9.69 Å². The SMILES string of the molecule is CC1c2ccsc2CCN1C(=O)C(C)(C)N1CCNCC1. The summed E-state index contributed by atoms with van der Waals surface area (Å²) < 4.78 is 0. The molecule has 0 bridgehead atoms. The highest BCUT2D eigenvalue weighted by atomic mass is 32.1. The maximum absolute atomic E-state index is 13.1. The Morgan fingerprint density at radius 1 is 1.33 bits per heavy atom. The fourth-order valence-corrected chi connectivity index (χ4v) is 4.46. The van der Waals surface area contributed by atoms with Crippen LogP contribution in [0, 0.1) is 0 Å². The van der Waals surface area contributed by atoms with Gasteiger partial charge in [-0.1, -0.05) is 0 Å². The topological polar surface area (TPSA) is 35.6 Å². The summed E-state index contributed by atoms with van der Waals surface area (Å²) in [6.45, 7) is 11.0. The third-order valence-electron chi connectivity index (χ3n) is 4.97. The minimum absolute atomic E-state index is 0.203. The van der Waals surface area contributed by atoms with Crippen molar-refractivity contribution in [3.63, 3.8) is 0 Å². The number of nitrogens with one attached hydrogen (secondary N) is 1. The average molecular weight is 307 g/mol. The van der Waals surface area contributed by atoms with Crippen LogP contribution in [0.4, 0.5) is 0 Å². The Bertz CT molecular complexity index is 519. The molecular formula is C16H25N3OS. The van der Waals surface area contributed by atoms with Gasteiger partial charge in [-0.25, -0.2) is 0 Å². The molecule has 2 aliphatic heterocycles. The normalized spacial score (nSPS) is 24.0. The second-order valence-corrected chi connectivity index (χ2v) is 7.52. The quantitative estimate of drug-likeness (QED) is 0.906. The first kappa shape index (κ1) is 15.0. The lowest BCUT2D eigenvalue weighted by Crippen LogP contribution is -2.61. The van der Waals surface area contributed by atoms with Crippen LogP contribution in [0.3, 0.4) is 0 Å². The van der Waals surface area contributed by atoms with E-state index in [1.165, 1.54) is 10.4 Å². The summed E-state index contributed by atoms with van der Waals surface area (Å²) in [4.78, 5) is 19.0. The lowest BCUT2D eigenvalue weighted by molar-refractivity contribution is -0.145. The third-order valence-corrected chi connectivity index (χ3v) is 5.97. The highest BCUT2D eigenvalue weighted by Crippen LogP contribution is 2.34. The molecular weight excluding hydrogens is 282 g/mol. The van der Waals surface area contributed by atoms with Crippen molar-refractivity contribution in [3.8, 4) is 0 Å². The van der Waals surface area contributed by atoms with Gasteiger partial charge >= 0.3 is 0 Å². The van der Waals surface area contributed by atoms with Gasteiger partial charge in [-0.2, -0.15) is 0 Å². The first-order chi connectivity index (χ1) is 10.0. The smallest absolute Gasteiger partial charge is 0.243 e. The standard InChI is InChI=1S/C16H25N3OS/c1-12-13-5-11-21-14(13)4-8-19(12)15(20)16(2,3)18-9-6-17-7-10-18/h5,11-12,17H,4,6-10H2,1-3H3. The highest BCUT2D eigenvalue weighted by molar-refractivity contribution is 7.10. The zero-order valence-corrected chi connectivity index (χ0v) is 14.0. The number of carbonyl (C=O) groups excluding carboxylic acids is 1. The first-order valence-electron chi connectivity index (χ1n) is 7.85. The summed E-state index contributed by atoms with van der Waals surface area (Å²) in [5.74, 6) is 0.272. The fraction of sp³-hybridized carbons (Fsp3) is 0.688. The number of nitrogens with zero attached hydrogens (tertiary/aromatic N) is 2. The maximum atomic E-state index is 13.1. The van der Waals surface area contributed by atoms with Gasteiger partial charge < -0.3 is 10.2 Å². The molecule has 5 heteroatoms. The minimum Gasteiger partial charge on any atom is -0.334 e. The predicted molar refractivity (Wildman–Crippen MR) is 86.7 cm³/mol. The van der Waals surface area contributed by atoms with E-state index in [0.29, 0.717) is 0 Å². The van der Waals surface area contributed by atoms with E-state index in [-0.39, 0.29) is 11.9 Å². The number of fused-ring (bicyclic) bond motifs is 1. The van der Waals surface area contributed by atoms with Crippen LogP contribution in [0.2, 0.25) is 0 Å². The lowest BCUT2D eigenvalue weighted by Gasteiger charge is -2.45. The van der Waals surface area contributed by atoms with Crippen LogP contribution in [-0.4, -0.2) is 54.0 Å². The molecule has 1 fully saturated rings. The number of rotatable bonds is 2. The van der Waals surface area contributed by atoms with Gasteiger partial charge in [0, 0.05) is 37.6 Å². The molecule has 0 aromatic carbocycles. The molecule has 1 aromatic rings. The lowest BCUT2D eigenvalue weighted by atomic mass is 9.94. The molecule has 1 N–H and O–H groups in total. The van der Waals surface area contributed by atoms with Gasteiger partial charge in [0.1, 0.15) is 0 Å². The molecule has 21 heavy (non-hydrogen) atoms. The van der Waals surface area contributed by atoms with Gasteiger partial charge in [0.05, 0.1) is 11.6 Å². The van der Waals surface area contributed by atoms with Crippen molar-refractivity contribution in [1.82, 2.24) is 15.1 Å². The molecule has 0 radical (unpaired) electrons. The Morgan fingerprint density at radius 2 is 2.05 bits per heavy atom. The van der Waals surface area contributed by atoms with E-state index >= 15 is 0 Å². The molecule has 0 saturated carbocycles. The van der Waals surface area contributed by atoms with Crippen molar-refractivity contribution < 1.29 is 4.79 Å². The van der Waals surface area contributed by atoms with Gasteiger partial charge in [0.2, 0.25) is 5.91 Å². The minimum atomic E-state index is -0.413. The van der Waals surface area contributed by atoms with Crippen molar-refractivity contribution in [3.05, 3.63) is 21.9 Å². The molecule has 3 rings (SSSR count). The molecule has 1 amide bonds. The number of piperazine rings is 1. The van der Waals surface area contributed by atoms with E-state index in [1.54, 1.807) is 0 Å². The first-order valence-corrected chi connectivity index (χ1v) is 8.73. The highest BCUT2D eigenvalue weighted by Gasteiger charge is 2.41. The third kappa shape index (κ3) is 2.62. The zero-order valence-electron chi connectivity index (χ0n) is 13.2. The van der Waals surface area contributed by atoms with Crippen LogP contribution >= 0.6 is 11.3 Å².